The molecule has 3 aromatic rings. The van der Waals surface area contributed by atoms with Gasteiger partial charge in [-0.15, -0.1) is 10.2 Å². The highest BCUT2D eigenvalue weighted by atomic mass is 15.3. The molecule has 3 rings (SSSR count). The number of hydrogen-bond donors (Lipinski definition) is 1. The highest BCUT2D eigenvalue weighted by Crippen LogP contribution is 2.18. The maximum Gasteiger partial charge on any atom is 0.200 e. The Bertz CT molecular complexity index is 767. The number of para-hydroxylation sites is 1. The number of fused-ring (bicyclic) bond motifs is 1. The smallest absolute Gasteiger partial charge is 0.200 e. The van der Waals surface area contributed by atoms with Crippen LogP contribution in [0.2, 0.25) is 0 Å². The summed E-state index contributed by atoms with van der Waals surface area (Å²) >= 11 is 0. The van der Waals surface area contributed by atoms with Crippen LogP contribution in [0.25, 0.3) is 5.65 Å². The fourth-order valence-electron chi connectivity index (χ4n) is 2.49. The van der Waals surface area contributed by atoms with Crippen molar-refractivity contribution in [2.75, 3.05) is 23.8 Å². The summed E-state index contributed by atoms with van der Waals surface area (Å²) in [5.41, 5.74) is 3.96. The van der Waals surface area contributed by atoms with Gasteiger partial charge in [-0.2, -0.15) is 9.61 Å². The van der Waals surface area contributed by atoms with E-state index in [4.69, 9.17) is 0 Å². The van der Waals surface area contributed by atoms with Crippen molar-refractivity contribution >= 4 is 17.0 Å². The fourth-order valence-corrected chi connectivity index (χ4v) is 2.49. The van der Waals surface area contributed by atoms with E-state index < -0.39 is 0 Å². The number of hydrogen-bond acceptors (Lipinski definition) is 5. The predicted octanol–water partition coefficient (Wildman–Crippen LogP) is 2.62. The molecule has 23 heavy (non-hydrogen) atoms. The molecule has 1 aromatic carbocycles. The molecule has 1 unspecified atom stereocenters. The van der Waals surface area contributed by atoms with Crippen molar-refractivity contribution < 1.29 is 0 Å². The molecule has 6 nitrogen and oxygen atoms in total. The van der Waals surface area contributed by atoms with Gasteiger partial charge in [0.25, 0.3) is 0 Å². The van der Waals surface area contributed by atoms with Gasteiger partial charge in [-0.3, -0.25) is 0 Å². The monoisotopic (exact) mass is 310 g/mol. The van der Waals surface area contributed by atoms with Crippen LogP contribution in [0.1, 0.15) is 19.5 Å². The first kappa shape index (κ1) is 15.3. The minimum absolute atomic E-state index is 0.332. The van der Waals surface area contributed by atoms with Crippen molar-refractivity contribution in [3.63, 3.8) is 0 Å². The molecular weight excluding hydrogens is 288 g/mol. The third-order valence-electron chi connectivity index (χ3n) is 4.09. The van der Waals surface area contributed by atoms with Crippen molar-refractivity contribution in [2.24, 2.45) is 0 Å². The van der Waals surface area contributed by atoms with E-state index in [1.54, 1.807) is 10.8 Å². The first-order valence-electron chi connectivity index (χ1n) is 7.90. The van der Waals surface area contributed by atoms with E-state index in [1.165, 1.54) is 5.69 Å². The molecule has 1 atom stereocenters. The lowest BCUT2D eigenvalue weighted by atomic mass is 10.2. The second-order valence-electron chi connectivity index (χ2n) is 5.68. The Labute approximate surface area is 136 Å². The summed E-state index contributed by atoms with van der Waals surface area (Å²) in [7, 11) is 2.11. The van der Waals surface area contributed by atoms with Crippen LogP contribution in [-0.2, 0) is 6.42 Å². The Balaban J connectivity index is 1.74. The lowest BCUT2D eigenvalue weighted by molar-refractivity contribution is 0.715. The van der Waals surface area contributed by atoms with Gasteiger partial charge in [0.15, 0.2) is 0 Å². The lowest BCUT2D eigenvalue weighted by Gasteiger charge is -2.27. The summed E-state index contributed by atoms with van der Waals surface area (Å²) in [5, 5.41) is 16.1. The van der Waals surface area contributed by atoms with Crippen LogP contribution in [0, 0.1) is 0 Å². The average Bonchev–Trinajstić information content (AvgIpc) is 3.07. The van der Waals surface area contributed by atoms with E-state index in [9.17, 15) is 0 Å². The Hall–Kier alpha value is -2.63. The summed E-state index contributed by atoms with van der Waals surface area (Å²) in [6.45, 7) is 5.10. The summed E-state index contributed by atoms with van der Waals surface area (Å²) < 4.78 is 1.73. The van der Waals surface area contributed by atoms with Crippen molar-refractivity contribution in [3.05, 3.63) is 48.4 Å². The SMILES string of the molecule is CCc1cc(NCC(C)N(C)c2ccccc2)c2nncn2n1. The number of likely N-dealkylation sites (N-methyl/N-ethyl adjacent to an activating group) is 1. The first-order valence-corrected chi connectivity index (χ1v) is 7.90. The molecule has 0 amide bonds. The summed E-state index contributed by atoms with van der Waals surface area (Å²) in [5.74, 6) is 0. The zero-order valence-corrected chi connectivity index (χ0v) is 13.8. The van der Waals surface area contributed by atoms with Crippen LogP contribution < -0.4 is 10.2 Å². The van der Waals surface area contributed by atoms with Crippen LogP contribution in [-0.4, -0.2) is 39.4 Å². The van der Waals surface area contributed by atoms with Gasteiger partial charge in [-0.1, -0.05) is 25.1 Å². The van der Waals surface area contributed by atoms with E-state index in [1.807, 2.05) is 6.07 Å². The van der Waals surface area contributed by atoms with Gasteiger partial charge < -0.3 is 10.2 Å². The molecule has 0 aliphatic heterocycles. The van der Waals surface area contributed by atoms with Crippen LogP contribution in [0.5, 0.6) is 0 Å². The molecule has 0 aliphatic rings. The summed E-state index contributed by atoms with van der Waals surface area (Å²) in [4.78, 5) is 2.26. The maximum absolute atomic E-state index is 4.47. The molecule has 0 aliphatic carbocycles. The number of rotatable bonds is 6. The number of nitrogens with one attached hydrogen (secondary N) is 1. The summed E-state index contributed by atoms with van der Waals surface area (Å²) in [6, 6.07) is 12.8. The lowest BCUT2D eigenvalue weighted by Crippen LogP contribution is -2.34. The Morgan fingerprint density at radius 3 is 2.78 bits per heavy atom. The molecular formula is C17H22N6. The molecule has 0 saturated carbocycles. The van der Waals surface area contributed by atoms with E-state index >= 15 is 0 Å². The van der Waals surface area contributed by atoms with Gasteiger partial charge in [0.05, 0.1) is 11.4 Å². The third kappa shape index (κ3) is 3.26. The van der Waals surface area contributed by atoms with E-state index in [-0.39, 0.29) is 0 Å². The van der Waals surface area contributed by atoms with Crippen LogP contribution in [0.15, 0.2) is 42.7 Å². The third-order valence-corrected chi connectivity index (χ3v) is 4.09. The van der Waals surface area contributed by atoms with Gasteiger partial charge in [0, 0.05) is 25.3 Å². The summed E-state index contributed by atoms with van der Waals surface area (Å²) in [6.07, 6.45) is 2.52. The van der Waals surface area contributed by atoms with Gasteiger partial charge in [0.1, 0.15) is 6.33 Å². The van der Waals surface area contributed by atoms with Crippen molar-refractivity contribution in [1.29, 1.82) is 0 Å². The van der Waals surface area contributed by atoms with Crippen molar-refractivity contribution in [3.8, 4) is 0 Å². The van der Waals surface area contributed by atoms with E-state index in [0.29, 0.717) is 6.04 Å². The Morgan fingerprint density at radius 2 is 2.04 bits per heavy atom. The van der Waals surface area contributed by atoms with Crippen LogP contribution in [0.3, 0.4) is 0 Å². The number of benzene rings is 1. The van der Waals surface area contributed by atoms with Gasteiger partial charge >= 0.3 is 0 Å². The maximum atomic E-state index is 4.47. The van der Waals surface area contributed by atoms with Crippen molar-refractivity contribution in [1.82, 2.24) is 19.8 Å². The minimum atomic E-state index is 0.332. The second-order valence-corrected chi connectivity index (χ2v) is 5.68. The number of anilines is 2. The molecule has 0 fully saturated rings. The highest BCUT2D eigenvalue weighted by molar-refractivity contribution is 5.66. The zero-order chi connectivity index (χ0) is 16.2. The molecule has 0 saturated heterocycles. The fraction of sp³-hybridized carbons (Fsp3) is 0.353. The minimum Gasteiger partial charge on any atom is -0.380 e. The highest BCUT2D eigenvalue weighted by Gasteiger charge is 2.12. The molecule has 1 N–H and O–H groups in total. The average molecular weight is 310 g/mol. The zero-order valence-electron chi connectivity index (χ0n) is 13.8. The normalized spacial score (nSPS) is 12.3. The molecule has 6 heteroatoms. The van der Waals surface area contributed by atoms with Crippen LogP contribution >= 0.6 is 0 Å². The quantitative estimate of drug-likeness (QED) is 0.758. The van der Waals surface area contributed by atoms with Gasteiger partial charge in [-0.25, -0.2) is 0 Å². The molecule has 0 radical (unpaired) electrons. The number of nitrogens with zero attached hydrogens (tertiary/aromatic N) is 5. The Morgan fingerprint density at radius 1 is 1.26 bits per heavy atom. The standard InChI is InChI=1S/C17H22N6/c1-4-14-10-16(17-20-19-12-23(17)21-14)18-11-13(2)22(3)15-8-6-5-7-9-15/h5-10,12-13,18H,4,11H2,1-3H3. The largest absolute Gasteiger partial charge is 0.380 e. The van der Waals surface area contributed by atoms with Crippen LogP contribution in [0.4, 0.5) is 11.4 Å². The molecule has 2 heterocycles. The molecule has 120 valence electrons. The molecule has 2 aromatic heterocycles. The Kier molecular flexibility index (Phi) is 4.41. The van der Waals surface area contributed by atoms with Crippen molar-refractivity contribution in [2.45, 2.75) is 26.3 Å². The van der Waals surface area contributed by atoms with E-state index in [0.717, 1.165) is 30.0 Å². The van der Waals surface area contributed by atoms with E-state index in [2.05, 4.69) is 76.7 Å². The second kappa shape index (κ2) is 6.64. The predicted molar refractivity (Wildman–Crippen MR) is 93.0 cm³/mol. The first-order chi connectivity index (χ1) is 11.2. The molecule has 0 bridgehead atoms. The number of aryl methyl sites for hydroxylation is 1. The molecule has 0 spiro atoms. The topological polar surface area (TPSA) is 58.3 Å². The van der Waals surface area contributed by atoms with Gasteiger partial charge in [-0.05, 0) is 31.5 Å². The van der Waals surface area contributed by atoms with Gasteiger partial charge in [0.2, 0.25) is 5.65 Å². The number of aromatic nitrogens is 4.